The zero-order valence-electron chi connectivity index (χ0n) is 7.49. The van der Waals surface area contributed by atoms with Crippen LogP contribution in [0.25, 0.3) is 0 Å². The van der Waals surface area contributed by atoms with E-state index in [-0.39, 0.29) is 0 Å². The van der Waals surface area contributed by atoms with Crippen molar-refractivity contribution in [3.63, 3.8) is 0 Å². The Balaban J connectivity index is 3.24. The Bertz CT molecular complexity index is 484. The summed E-state index contributed by atoms with van der Waals surface area (Å²) in [5, 5.41) is 25.7. The van der Waals surface area contributed by atoms with Gasteiger partial charge in [0.25, 0.3) is 0 Å². The van der Waals surface area contributed by atoms with Crippen molar-refractivity contribution < 1.29 is 44.1 Å². The van der Waals surface area contributed by atoms with Crippen molar-refractivity contribution in [1.82, 2.24) is 5.01 Å². The fourth-order valence-electron chi connectivity index (χ4n) is 0.740. The Morgan fingerprint density at radius 3 is 1.94 bits per heavy atom. The van der Waals surface area contributed by atoms with Gasteiger partial charge in [-0.1, -0.05) is 0 Å². The van der Waals surface area contributed by atoms with E-state index in [2.05, 4.69) is 12.0 Å². The molecule has 1 saturated heterocycles. The smallest absolute Gasteiger partial charge is 0.371 e. The van der Waals surface area contributed by atoms with Crippen LogP contribution >= 0.6 is 0 Å². The lowest BCUT2D eigenvalue weighted by Crippen LogP contribution is -2.60. The maximum absolute atomic E-state index is 10.7. The molecule has 0 aromatic heterocycles. The van der Waals surface area contributed by atoms with Crippen LogP contribution in [0, 0.1) is 10.1 Å². The molecule has 1 heterocycles. The third-order valence-electron chi connectivity index (χ3n) is 1.25. The van der Waals surface area contributed by atoms with E-state index >= 15 is 0 Å². The number of hydrazine groups is 1. The first-order valence-electron chi connectivity index (χ1n) is 3.39. The van der Waals surface area contributed by atoms with Gasteiger partial charge in [-0.05, 0) is 5.01 Å². The van der Waals surface area contributed by atoms with Gasteiger partial charge >= 0.3 is 26.9 Å². The van der Waals surface area contributed by atoms with Gasteiger partial charge in [0, 0.05) is 0 Å². The molecule has 0 spiro atoms. The molecule has 0 saturated carbocycles. The lowest BCUT2D eigenvalue weighted by molar-refractivity contribution is -0.730. The summed E-state index contributed by atoms with van der Waals surface area (Å²) in [5.41, 5.74) is 0. The average molecular weight is 296 g/mol. The number of aliphatic hydroxyl groups is 2. The summed E-state index contributed by atoms with van der Waals surface area (Å²) in [6.45, 7) is -1.62. The molecular weight excluding hydrogens is 292 g/mol. The van der Waals surface area contributed by atoms with Crippen LogP contribution in [0.5, 0.6) is 0 Å². The molecule has 1 aliphatic heterocycles. The van der Waals surface area contributed by atoms with E-state index in [4.69, 9.17) is 5.11 Å². The largest absolute Gasteiger partial charge is 0.460 e. The maximum Gasteiger partial charge on any atom is 0.460 e. The molecule has 0 aromatic carbocycles. The fraction of sp³-hybridized carbons (Fsp3) is 1.00. The minimum atomic E-state index is -5.31. The van der Waals surface area contributed by atoms with Crippen LogP contribution in [0.15, 0.2) is 0 Å². The second-order valence-electron chi connectivity index (χ2n) is 2.38. The van der Waals surface area contributed by atoms with Gasteiger partial charge in [-0.2, -0.15) is 25.2 Å². The summed E-state index contributed by atoms with van der Waals surface area (Å²) < 4.78 is 53.2. The van der Waals surface area contributed by atoms with Gasteiger partial charge < -0.3 is 10.2 Å². The zero-order chi connectivity index (χ0) is 13.5. The molecule has 0 radical (unpaired) electrons. The van der Waals surface area contributed by atoms with E-state index < -0.39 is 43.7 Å². The van der Waals surface area contributed by atoms with E-state index in [0.717, 1.165) is 0 Å². The predicted octanol–water partition coefficient (Wildman–Crippen LogP) is -3.41. The zero-order valence-corrected chi connectivity index (χ0v) is 9.12. The van der Waals surface area contributed by atoms with Crippen molar-refractivity contribution >= 4 is 20.8 Å². The Labute approximate surface area is 93.5 Å². The summed E-state index contributed by atoms with van der Waals surface area (Å²) in [4.78, 5) is 10.3. The van der Waals surface area contributed by atoms with Gasteiger partial charge in [-0.15, -0.1) is 3.63 Å². The monoisotopic (exact) mass is 296 g/mol. The first-order chi connectivity index (χ1) is 7.51. The molecule has 0 aromatic rings. The number of hydrogen-bond donors (Lipinski definition) is 2. The Kier molecular flexibility index (Phi) is 3.27. The third-order valence-corrected chi connectivity index (χ3v) is 3.42. The summed E-state index contributed by atoms with van der Waals surface area (Å²) in [7, 11) is -10.6. The van der Waals surface area contributed by atoms with E-state index in [0.29, 0.717) is 0 Å². The summed E-state index contributed by atoms with van der Waals surface area (Å²) in [5.74, 6) is 0. The molecule has 15 heteroatoms. The Morgan fingerprint density at radius 1 is 1.24 bits per heavy atom. The minimum Gasteiger partial charge on any atom is -0.371 e. The molecule has 0 amide bonds. The number of hydrogen-bond acceptors (Lipinski definition) is 11. The van der Waals surface area contributed by atoms with Gasteiger partial charge in [0.15, 0.2) is 11.8 Å². The van der Waals surface area contributed by atoms with Gasteiger partial charge in [0.05, 0.1) is 0 Å². The van der Waals surface area contributed by atoms with Crippen molar-refractivity contribution in [2.45, 2.75) is 6.10 Å². The molecule has 1 fully saturated rings. The lowest BCUT2D eigenvalue weighted by atomic mass is 10.9. The molecule has 13 nitrogen and oxygen atoms in total. The highest BCUT2D eigenvalue weighted by Crippen LogP contribution is 2.28. The predicted molar refractivity (Wildman–Crippen MR) is 42.0 cm³/mol. The van der Waals surface area contributed by atoms with Crippen LogP contribution in [0.1, 0.15) is 0 Å². The van der Waals surface area contributed by atoms with E-state index in [1.54, 1.807) is 0 Å². The molecule has 100 valence electrons. The van der Waals surface area contributed by atoms with Crippen LogP contribution in [-0.2, 0) is 32.8 Å². The second kappa shape index (κ2) is 3.98. The van der Waals surface area contributed by atoms with Crippen molar-refractivity contribution in [2.24, 2.45) is 0 Å². The lowest BCUT2D eigenvalue weighted by Gasteiger charge is -2.30. The van der Waals surface area contributed by atoms with Crippen LogP contribution in [-0.4, -0.2) is 49.9 Å². The quantitative estimate of drug-likeness (QED) is 0.299. The van der Waals surface area contributed by atoms with Gasteiger partial charge in [-0.25, -0.2) is 10.1 Å². The molecule has 1 rings (SSSR count). The molecule has 1 aliphatic rings. The van der Waals surface area contributed by atoms with Crippen LogP contribution < -0.4 is 0 Å². The topological polar surface area (TPSA) is 183 Å². The first-order valence-corrected chi connectivity index (χ1v) is 6.05. The van der Waals surface area contributed by atoms with Crippen molar-refractivity contribution in [2.75, 3.05) is 6.73 Å². The van der Waals surface area contributed by atoms with Crippen molar-refractivity contribution in [3.05, 3.63) is 10.1 Å². The second-order valence-corrected chi connectivity index (χ2v) is 4.89. The highest BCUT2D eigenvalue weighted by molar-refractivity contribution is 7.95. The summed E-state index contributed by atoms with van der Waals surface area (Å²) in [6.07, 6.45) is -3.88. The van der Waals surface area contributed by atoms with Crippen LogP contribution in [0.2, 0.25) is 0 Å². The van der Waals surface area contributed by atoms with E-state index in [9.17, 15) is 32.1 Å². The number of aliphatic hydroxyl groups excluding tert-OH is 1. The van der Waals surface area contributed by atoms with Crippen LogP contribution in [0.4, 0.5) is 0 Å². The molecule has 0 bridgehead atoms. The van der Waals surface area contributed by atoms with E-state index in [1.807, 2.05) is 0 Å². The molecule has 0 unspecified atom stereocenters. The van der Waals surface area contributed by atoms with Crippen molar-refractivity contribution in [1.29, 1.82) is 0 Å². The number of nitro groups is 1. The number of rotatable bonds is 3. The molecule has 2 N–H and O–H groups in total. The first kappa shape index (κ1) is 14.0. The molecule has 0 aliphatic carbocycles. The minimum absolute atomic E-state index is 0.745. The Morgan fingerprint density at radius 2 is 1.65 bits per heavy atom. The average Bonchev–Trinajstić information content (AvgIpc) is 1.94. The number of nitrogens with zero attached hydrogens (tertiary/aromatic N) is 2. The van der Waals surface area contributed by atoms with Gasteiger partial charge in [-0.3, -0.25) is 0 Å². The third kappa shape index (κ3) is 2.97. The summed E-state index contributed by atoms with van der Waals surface area (Å²) in [6, 6.07) is 0. The SMILES string of the molecule is O=[N+]([O-])N(CO)C1(O)OS(=O)(=O)OS(=O)(=O)O1. The Hall–Kier alpha value is -1.10. The fourth-order valence-corrected chi connectivity index (χ4v) is 2.59. The highest BCUT2D eigenvalue weighted by Gasteiger charge is 2.58. The van der Waals surface area contributed by atoms with E-state index in [1.165, 1.54) is 0 Å². The summed E-state index contributed by atoms with van der Waals surface area (Å²) >= 11 is 0. The highest BCUT2D eigenvalue weighted by atomic mass is 32.3. The maximum atomic E-state index is 10.7. The molecular formula is C2H4N2O11S2. The molecule has 0 atom stereocenters. The normalized spacial score (nSPS) is 25.1. The molecule has 17 heavy (non-hydrogen) atoms. The van der Waals surface area contributed by atoms with Crippen LogP contribution in [0.3, 0.4) is 0 Å². The van der Waals surface area contributed by atoms with Crippen molar-refractivity contribution in [3.8, 4) is 0 Å². The standard InChI is InChI=1S/C2H4N2O11S2/c5-1-3(4(7)8)2(6)13-16(9,10)15-17(11,12)14-2/h5-6H,1H2. The van der Waals surface area contributed by atoms with Gasteiger partial charge in [0.2, 0.25) is 0 Å². The van der Waals surface area contributed by atoms with Gasteiger partial charge in [0.1, 0.15) is 0 Å².